The van der Waals surface area contributed by atoms with Crippen LogP contribution in [0.2, 0.25) is 5.02 Å². The summed E-state index contributed by atoms with van der Waals surface area (Å²) in [5.41, 5.74) is 3.02. The molecule has 1 amide bonds. The Hall–Kier alpha value is -2.29. The molecule has 1 fully saturated rings. The van der Waals surface area contributed by atoms with Crippen molar-refractivity contribution in [1.29, 1.82) is 0 Å². The van der Waals surface area contributed by atoms with Gasteiger partial charge in [-0.15, -0.1) is 0 Å². The van der Waals surface area contributed by atoms with Crippen molar-refractivity contribution >= 4 is 33.2 Å². The van der Waals surface area contributed by atoms with Gasteiger partial charge in [0.15, 0.2) is 0 Å². The lowest BCUT2D eigenvalue weighted by Crippen LogP contribution is -2.51. The van der Waals surface area contributed by atoms with E-state index in [1.165, 1.54) is 9.87 Å². The number of sulfonamides is 1. The van der Waals surface area contributed by atoms with E-state index in [1.54, 1.807) is 36.3 Å². The van der Waals surface area contributed by atoms with E-state index in [2.05, 4.69) is 5.32 Å². The van der Waals surface area contributed by atoms with E-state index < -0.39 is 10.0 Å². The van der Waals surface area contributed by atoms with Gasteiger partial charge in [-0.05, 0) is 60.7 Å². The van der Waals surface area contributed by atoms with Crippen molar-refractivity contribution in [2.75, 3.05) is 45.2 Å². The molecule has 2 aromatic rings. The fraction of sp³-hybridized carbons (Fsp3) is 0.409. The fourth-order valence-electron chi connectivity index (χ4n) is 4.14. The van der Waals surface area contributed by atoms with Gasteiger partial charge in [0.1, 0.15) is 5.75 Å². The molecule has 7 nitrogen and oxygen atoms in total. The summed E-state index contributed by atoms with van der Waals surface area (Å²) in [5, 5.41) is 3.60. The molecule has 2 aliphatic rings. The molecule has 0 bridgehead atoms. The summed E-state index contributed by atoms with van der Waals surface area (Å²) in [5.74, 6) is 0.499. The highest BCUT2D eigenvalue weighted by atomic mass is 35.5. The van der Waals surface area contributed by atoms with Crippen molar-refractivity contribution < 1.29 is 17.9 Å². The molecule has 9 heteroatoms. The van der Waals surface area contributed by atoms with E-state index in [1.807, 2.05) is 12.1 Å². The number of hydrogen-bond donors (Lipinski definition) is 1. The molecular weight excluding hydrogens is 438 g/mol. The molecule has 1 heterocycles. The third-order valence-corrected chi connectivity index (χ3v) is 8.02. The Bertz CT molecular complexity index is 1080. The zero-order valence-corrected chi connectivity index (χ0v) is 19.0. The molecule has 0 saturated carbocycles. The Morgan fingerprint density at radius 1 is 1.06 bits per heavy atom. The van der Waals surface area contributed by atoms with Crippen LogP contribution < -0.4 is 10.1 Å². The number of fused-ring (bicyclic) bond motifs is 1. The van der Waals surface area contributed by atoms with Crippen LogP contribution in [0.3, 0.4) is 0 Å². The molecule has 1 aliphatic carbocycles. The van der Waals surface area contributed by atoms with Crippen molar-refractivity contribution in [2.45, 2.75) is 24.2 Å². The van der Waals surface area contributed by atoms with Gasteiger partial charge in [-0.3, -0.25) is 4.79 Å². The second kappa shape index (κ2) is 9.06. The average Bonchev–Trinajstić information content (AvgIpc) is 3.25. The molecule has 31 heavy (non-hydrogen) atoms. The van der Waals surface area contributed by atoms with E-state index in [0.29, 0.717) is 34.4 Å². The van der Waals surface area contributed by atoms with E-state index in [-0.39, 0.29) is 25.5 Å². The SMILES string of the molecule is COc1ccc(Cl)cc1NCC(=O)N1CCN(S(=O)(=O)c2ccc3c(c2)CCC3)CC1. The van der Waals surface area contributed by atoms with Crippen LogP contribution in [0.15, 0.2) is 41.3 Å². The van der Waals surface area contributed by atoms with Crippen molar-refractivity contribution in [3.05, 3.63) is 52.5 Å². The molecule has 0 aromatic heterocycles. The number of carbonyl (C=O) groups is 1. The van der Waals surface area contributed by atoms with Gasteiger partial charge in [-0.25, -0.2) is 8.42 Å². The summed E-state index contributed by atoms with van der Waals surface area (Å²) in [6.07, 6.45) is 3.03. The van der Waals surface area contributed by atoms with Gasteiger partial charge in [0.05, 0.1) is 24.2 Å². The van der Waals surface area contributed by atoms with Crippen molar-refractivity contribution in [2.24, 2.45) is 0 Å². The largest absolute Gasteiger partial charge is 0.495 e. The van der Waals surface area contributed by atoms with E-state index in [0.717, 1.165) is 24.8 Å². The Balaban J connectivity index is 1.35. The molecule has 4 rings (SSSR count). The van der Waals surface area contributed by atoms with Crippen LogP contribution in [-0.4, -0.2) is 63.4 Å². The standard InChI is InChI=1S/C22H26ClN3O4S/c1-30-21-8-6-18(23)14-20(21)24-15-22(27)25-9-11-26(12-10-25)31(28,29)19-7-5-16-3-2-4-17(16)13-19/h5-8,13-14,24H,2-4,9-12,15H2,1H3. The Morgan fingerprint density at radius 3 is 2.55 bits per heavy atom. The summed E-state index contributed by atoms with van der Waals surface area (Å²) in [4.78, 5) is 14.7. The number of nitrogens with zero attached hydrogens (tertiary/aromatic N) is 2. The number of hydrogen-bond acceptors (Lipinski definition) is 5. The van der Waals surface area contributed by atoms with Gasteiger partial charge in [-0.1, -0.05) is 17.7 Å². The number of ether oxygens (including phenoxy) is 1. The van der Waals surface area contributed by atoms with Gasteiger partial charge >= 0.3 is 0 Å². The lowest BCUT2D eigenvalue weighted by molar-refractivity contribution is -0.130. The minimum Gasteiger partial charge on any atom is -0.495 e. The highest BCUT2D eigenvalue weighted by Crippen LogP contribution is 2.28. The summed E-state index contributed by atoms with van der Waals surface area (Å²) in [7, 11) is -2.00. The summed E-state index contributed by atoms with van der Waals surface area (Å²) in [6, 6.07) is 10.6. The molecular formula is C22H26ClN3O4S. The van der Waals surface area contributed by atoms with Gasteiger partial charge in [0.25, 0.3) is 0 Å². The number of benzene rings is 2. The topological polar surface area (TPSA) is 79.0 Å². The van der Waals surface area contributed by atoms with Crippen molar-refractivity contribution in [1.82, 2.24) is 9.21 Å². The first-order chi connectivity index (χ1) is 14.9. The molecule has 0 atom stereocenters. The lowest BCUT2D eigenvalue weighted by Gasteiger charge is -2.34. The van der Waals surface area contributed by atoms with Gasteiger partial charge < -0.3 is 15.0 Å². The molecule has 166 valence electrons. The highest BCUT2D eigenvalue weighted by molar-refractivity contribution is 7.89. The number of halogens is 1. The third kappa shape index (κ3) is 4.66. The molecule has 0 spiro atoms. The Labute approximate surface area is 188 Å². The predicted molar refractivity (Wildman–Crippen MR) is 120 cm³/mol. The van der Waals surface area contributed by atoms with Crippen LogP contribution in [0.25, 0.3) is 0 Å². The van der Waals surface area contributed by atoms with E-state index in [4.69, 9.17) is 16.3 Å². The number of amides is 1. The minimum absolute atomic E-state index is 0.0777. The molecule has 1 saturated heterocycles. The number of rotatable bonds is 6. The maximum atomic E-state index is 13.1. The monoisotopic (exact) mass is 463 g/mol. The van der Waals surface area contributed by atoms with Crippen LogP contribution in [0.4, 0.5) is 5.69 Å². The number of carbonyl (C=O) groups excluding carboxylic acids is 1. The van der Waals surface area contributed by atoms with Crippen molar-refractivity contribution in [3.63, 3.8) is 0 Å². The van der Waals surface area contributed by atoms with Crippen LogP contribution in [0.1, 0.15) is 17.5 Å². The molecule has 2 aromatic carbocycles. The predicted octanol–water partition coefficient (Wildman–Crippen LogP) is 2.78. The van der Waals surface area contributed by atoms with Crippen LogP contribution in [-0.2, 0) is 27.7 Å². The average molecular weight is 464 g/mol. The van der Waals surface area contributed by atoms with E-state index >= 15 is 0 Å². The molecule has 1 N–H and O–H groups in total. The number of piperazine rings is 1. The number of aryl methyl sites for hydroxylation is 2. The maximum absolute atomic E-state index is 13.1. The molecule has 0 radical (unpaired) electrons. The zero-order valence-electron chi connectivity index (χ0n) is 17.4. The maximum Gasteiger partial charge on any atom is 0.243 e. The van der Waals surface area contributed by atoms with Crippen LogP contribution in [0, 0.1) is 0 Å². The molecule has 1 aliphatic heterocycles. The van der Waals surface area contributed by atoms with Gasteiger partial charge in [0.2, 0.25) is 15.9 Å². The minimum atomic E-state index is -3.55. The second-order valence-corrected chi connectivity index (χ2v) is 10.1. The third-order valence-electron chi connectivity index (χ3n) is 5.89. The van der Waals surface area contributed by atoms with E-state index in [9.17, 15) is 13.2 Å². The van der Waals surface area contributed by atoms with Crippen LogP contribution >= 0.6 is 11.6 Å². The quantitative estimate of drug-likeness (QED) is 0.712. The van der Waals surface area contributed by atoms with Gasteiger partial charge in [0, 0.05) is 31.2 Å². The van der Waals surface area contributed by atoms with Gasteiger partial charge in [-0.2, -0.15) is 4.31 Å². The first-order valence-corrected chi connectivity index (χ1v) is 12.2. The number of anilines is 1. The first-order valence-electron chi connectivity index (χ1n) is 10.4. The smallest absolute Gasteiger partial charge is 0.243 e. The Kier molecular flexibility index (Phi) is 6.41. The normalized spacial score (nSPS) is 16.8. The molecule has 0 unspecified atom stereocenters. The Morgan fingerprint density at radius 2 is 1.81 bits per heavy atom. The zero-order chi connectivity index (χ0) is 22.0. The summed E-state index contributed by atoms with van der Waals surface area (Å²) >= 11 is 6.02. The van der Waals surface area contributed by atoms with Crippen molar-refractivity contribution in [3.8, 4) is 5.75 Å². The highest BCUT2D eigenvalue weighted by Gasteiger charge is 2.30. The lowest BCUT2D eigenvalue weighted by atomic mass is 10.1. The number of nitrogens with one attached hydrogen (secondary N) is 1. The first kappa shape index (κ1) is 21.9. The second-order valence-electron chi connectivity index (χ2n) is 7.77. The van der Waals surface area contributed by atoms with Crippen LogP contribution in [0.5, 0.6) is 5.75 Å². The summed E-state index contributed by atoms with van der Waals surface area (Å²) in [6.45, 7) is 1.36. The fourth-order valence-corrected chi connectivity index (χ4v) is 5.78. The summed E-state index contributed by atoms with van der Waals surface area (Å²) < 4.78 is 32.9. The number of methoxy groups -OCH3 is 1.